The molecule has 0 saturated carbocycles. The molecule has 14 heavy (non-hydrogen) atoms. The summed E-state index contributed by atoms with van der Waals surface area (Å²) in [6.45, 7) is 5.66. The SMILES string of the molecule is C1CC2(CN1)CNC2C1CCOCC1. The largest absolute Gasteiger partial charge is 0.381 e. The maximum absolute atomic E-state index is 5.43. The molecule has 0 aromatic heterocycles. The monoisotopic (exact) mass is 196 g/mol. The second kappa shape index (κ2) is 3.47. The molecule has 0 bridgehead atoms. The molecule has 0 aliphatic carbocycles. The molecule has 3 saturated heterocycles. The third kappa shape index (κ3) is 1.30. The summed E-state index contributed by atoms with van der Waals surface area (Å²) >= 11 is 0. The van der Waals surface area contributed by atoms with E-state index in [2.05, 4.69) is 10.6 Å². The zero-order valence-corrected chi connectivity index (χ0v) is 8.72. The van der Waals surface area contributed by atoms with Crippen LogP contribution in [0.15, 0.2) is 0 Å². The van der Waals surface area contributed by atoms with Crippen LogP contribution >= 0.6 is 0 Å². The Morgan fingerprint density at radius 2 is 2.00 bits per heavy atom. The van der Waals surface area contributed by atoms with Gasteiger partial charge < -0.3 is 15.4 Å². The Hall–Kier alpha value is -0.120. The van der Waals surface area contributed by atoms with Crippen LogP contribution in [0.4, 0.5) is 0 Å². The molecule has 3 aliphatic heterocycles. The number of hydrogen-bond donors (Lipinski definition) is 2. The van der Waals surface area contributed by atoms with Crippen molar-refractivity contribution in [3.63, 3.8) is 0 Å². The van der Waals surface area contributed by atoms with Gasteiger partial charge in [0.1, 0.15) is 0 Å². The molecule has 0 aromatic carbocycles. The van der Waals surface area contributed by atoms with Crippen molar-refractivity contribution in [1.82, 2.24) is 10.6 Å². The molecule has 3 heteroatoms. The predicted octanol–water partition coefficient (Wildman–Crippen LogP) is 0.364. The first-order valence-corrected chi connectivity index (χ1v) is 5.93. The lowest BCUT2D eigenvalue weighted by molar-refractivity contribution is -0.00816. The first-order valence-electron chi connectivity index (χ1n) is 5.93. The first-order chi connectivity index (χ1) is 6.91. The Bertz CT molecular complexity index is 207. The van der Waals surface area contributed by atoms with Gasteiger partial charge in [0.2, 0.25) is 0 Å². The average Bonchev–Trinajstić information content (AvgIpc) is 2.68. The molecule has 0 amide bonds. The van der Waals surface area contributed by atoms with Crippen LogP contribution in [0, 0.1) is 11.3 Å². The molecule has 2 atom stereocenters. The van der Waals surface area contributed by atoms with Gasteiger partial charge in [-0.25, -0.2) is 0 Å². The van der Waals surface area contributed by atoms with E-state index in [0.717, 1.165) is 25.2 Å². The minimum absolute atomic E-state index is 0.613. The molecular weight excluding hydrogens is 176 g/mol. The van der Waals surface area contributed by atoms with Gasteiger partial charge in [0.15, 0.2) is 0 Å². The maximum Gasteiger partial charge on any atom is 0.0469 e. The number of nitrogens with one attached hydrogen (secondary N) is 2. The van der Waals surface area contributed by atoms with Crippen molar-refractivity contribution in [3.8, 4) is 0 Å². The van der Waals surface area contributed by atoms with Gasteiger partial charge in [-0.05, 0) is 31.7 Å². The predicted molar refractivity (Wildman–Crippen MR) is 55.3 cm³/mol. The van der Waals surface area contributed by atoms with Crippen molar-refractivity contribution in [2.24, 2.45) is 11.3 Å². The van der Waals surface area contributed by atoms with Crippen molar-refractivity contribution in [2.75, 3.05) is 32.8 Å². The molecule has 0 radical (unpaired) electrons. The average molecular weight is 196 g/mol. The topological polar surface area (TPSA) is 33.3 Å². The van der Waals surface area contributed by atoms with Gasteiger partial charge in [-0.3, -0.25) is 0 Å². The quantitative estimate of drug-likeness (QED) is 0.635. The Morgan fingerprint density at radius 1 is 1.14 bits per heavy atom. The lowest BCUT2D eigenvalue weighted by Gasteiger charge is -2.52. The number of ether oxygens (including phenoxy) is 1. The molecule has 3 rings (SSSR count). The lowest BCUT2D eigenvalue weighted by Crippen LogP contribution is -2.66. The number of rotatable bonds is 1. The van der Waals surface area contributed by atoms with Crippen molar-refractivity contribution in [3.05, 3.63) is 0 Å². The van der Waals surface area contributed by atoms with Crippen LogP contribution in [-0.4, -0.2) is 38.9 Å². The fraction of sp³-hybridized carbons (Fsp3) is 1.00. The van der Waals surface area contributed by atoms with E-state index in [1.54, 1.807) is 0 Å². The second-order valence-electron chi connectivity index (χ2n) is 5.10. The molecule has 0 aromatic rings. The standard InChI is InChI=1S/C11H20N2O/c1-5-14-6-2-9(1)10-11(8-13-10)3-4-12-7-11/h9-10,12-13H,1-8H2. The van der Waals surface area contributed by atoms with Crippen LogP contribution in [-0.2, 0) is 4.74 Å². The van der Waals surface area contributed by atoms with Crippen LogP contribution in [0.25, 0.3) is 0 Å². The second-order valence-corrected chi connectivity index (χ2v) is 5.10. The molecule has 2 unspecified atom stereocenters. The van der Waals surface area contributed by atoms with Crippen molar-refractivity contribution >= 4 is 0 Å². The molecule has 1 spiro atoms. The minimum Gasteiger partial charge on any atom is -0.381 e. The van der Waals surface area contributed by atoms with E-state index >= 15 is 0 Å². The smallest absolute Gasteiger partial charge is 0.0469 e. The van der Waals surface area contributed by atoms with Crippen LogP contribution in [0.1, 0.15) is 19.3 Å². The summed E-state index contributed by atoms with van der Waals surface area (Å²) in [4.78, 5) is 0. The summed E-state index contributed by atoms with van der Waals surface area (Å²) in [6.07, 6.45) is 3.90. The first kappa shape index (κ1) is 9.13. The third-order valence-electron chi connectivity index (χ3n) is 4.35. The van der Waals surface area contributed by atoms with Gasteiger partial charge in [-0.15, -0.1) is 0 Å². The van der Waals surface area contributed by atoms with E-state index in [9.17, 15) is 0 Å². The van der Waals surface area contributed by atoms with Gasteiger partial charge in [0, 0.05) is 37.8 Å². The molecular formula is C11H20N2O. The van der Waals surface area contributed by atoms with Gasteiger partial charge in [-0.1, -0.05) is 0 Å². The van der Waals surface area contributed by atoms with Crippen LogP contribution in [0.5, 0.6) is 0 Å². The fourth-order valence-electron chi connectivity index (χ4n) is 3.40. The van der Waals surface area contributed by atoms with Crippen molar-refractivity contribution in [2.45, 2.75) is 25.3 Å². The van der Waals surface area contributed by atoms with E-state index < -0.39 is 0 Å². The summed E-state index contributed by atoms with van der Waals surface area (Å²) in [6, 6.07) is 0.779. The third-order valence-corrected chi connectivity index (χ3v) is 4.35. The molecule has 80 valence electrons. The van der Waals surface area contributed by atoms with Gasteiger partial charge in [0.25, 0.3) is 0 Å². The van der Waals surface area contributed by atoms with E-state index in [-0.39, 0.29) is 0 Å². The van der Waals surface area contributed by atoms with E-state index in [1.165, 1.54) is 38.9 Å². The lowest BCUT2D eigenvalue weighted by atomic mass is 9.66. The normalized spacial score (nSPS) is 44.1. The fourth-order valence-corrected chi connectivity index (χ4v) is 3.40. The maximum atomic E-state index is 5.43. The minimum atomic E-state index is 0.613. The molecule has 3 aliphatic rings. The summed E-state index contributed by atoms with van der Waals surface area (Å²) in [5.41, 5.74) is 0.613. The van der Waals surface area contributed by atoms with E-state index in [0.29, 0.717) is 5.41 Å². The summed E-state index contributed by atoms with van der Waals surface area (Å²) < 4.78 is 5.43. The van der Waals surface area contributed by atoms with E-state index in [4.69, 9.17) is 4.74 Å². The van der Waals surface area contributed by atoms with Crippen molar-refractivity contribution < 1.29 is 4.74 Å². The van der Waals surface area contributed by atoms with E-state index in [1.807, 2.05) is 0 Å². The molecule has 3 nitrogen and oxygen atoms in total. The van der Waals surface area contributed by atoms with Crippen LogP contribution in [0.2, 0.25) is 0 Å². The molecule has 3 heterocycles. The summed E-state index contributed by atoms with van der Waals surface area (Å²) in [5, 5.41) is 7.17. The molecule has 3 fully saturated rings. The van der Waals surface area contributed by atoms with Crippen LogP contribution in [0.3, 0.4) is 0 Å². The van der Waals surface area contributed by atoms with Crippen molar-refractivity contribution in [1.29, 1.82) is 0 Å². The molecule has 2 N–H and O–H groups in total. The summed E-state index contributed by atoms with van der Waals surface area (Å²) in [7, 11) is 0. The number of hydrogen-bond acceptors (Lipinski definition) is 3. The summed E-state index contributed by atoms with van der Waals surface area (Å²) in [5.74, 6) is 0.873. The highest BCUT2D eigenvalue weighted by atomic mass is 16.5. The zero-order chi connectivity index (χ0) is 9.43. The van der Waals surface area contributed by atoms with Gasteiger partial charge in [0.05, 0.1) is 0 Å². The highest BCUT2D eigenvalue weighted by Crippen LogP contribution is 2.41. The zero-order valence-electron chi connectivity index (χ0n) is 8.72. The Balaban J connectivity index is 1.66. The van der Waals surface area contributed by atoms with Gasteiger partial charge >= 0.3 is 0 Å². The van der Waals surface area contributed by atoms with Crippen LogP contribution < -0.4 is 10.6 Å². The van der Waals surface area contributed by atoms with Gasteiger partial charge in [-0.2, -0.15) is 0 Å². The Labute approximate surface area is 85.6 Å². The Kier molecular flexibility index (Phi) is 2.26. The Morgan fingerprint density at radius 3 is 2.57 bits per heavy atom. The highest BCUT2D eigenvalue weighted by molar-refractivity contribution is 5.08. The highest BCUT2D eigenvalue weighted by Gasteiger charge is 2.51.